The van der Waals surface area contributed by atoms with Gasteiger partial charge in [-0.2, -0.15) is 0 Å². The van der Waals surface area contributed by atoms with E-state index in [1.54, 1.807) is 0 Å². The van der Waals surface area contributed by atoms with E-state index >= 15 is 0 Å². The van der Waals surface area contributed by atoms with Crippen molar-refractivity contribution in [3.8, 4) is 0 Å². The van der Waals surface area contributed by atoms with Crippen LogP contribution in [0.1, 0.15) is 41.5 Å². The Labute approximate surface area is 158 Å². The van der Waals surface area contributed by atoms with Gasteiger partial charge in [0.1, 0.15) is 5.82 Å². The van der Waals surface area contributed by atoms with Crippen LogP contribution in [0.4, 0.5) is 5.95 Å². The fourth-order valence-corrected chi connectivity index (χ4v) is 3.88. The minimum atomic E-state index is 0.107. The number of fused-ring (bicyclic) bond motifs is 1. The van der Waals surface area contributed by atoms with Gasteiger partial charge in [0.2, 0.25) is 11.9 Å². The number of aromatic amines is 1. The molecule has 3 N–H and O–H groups in total. The number of aryl methyl sites for hydroxylation is 2. The largest absolute Gasteiger partial charge is 0.368 e. The Morgan fingerprint density at radius 2 is 1.96 bits per heavy atom. The fraction of sp³-hybridized carbons (Fsp3) is 0.400. The second-order valence-corrected chi connectivity index (χ2v) is 7.23. The molecule has 1 fully saturated rings. The number of imidazole rings is 1. The number of benzene rings is 1. The minimum Gasteiger partial charge on any atom is -0.368 e. The van der Waals surface area contributed by atoms with Gasteiger partial charge in [-0.05, 0) is 38.8 Å². The Morgan fingerprint density at radius 1 is 1.22 bits per heavy atom. The SMILES string of the molecule is Cc1nc(N)nc(C)c1CC(=O)N1CCC[C@@H](c2nc3ccccc3[nH]2)C1. The van der Waals surface area contributed by atoms with Crippen molar-refractivity contribution in [2.45, 2.75) is 39.0 Å². The maximum absolute atomic E-state index is 12.9. The molecule has 140 valence electrons. The number of carbonyl (C=O) groups is 1. The molecule has 0 aliphatic carbocycles. The first-order valence-corrected chi connectivity index (χ1v) is 9.33. The van der Waals surface area contributed by atoms with Gasteiger partial charge in [-0.1, -0.05) is 12.1 Å². The van der Waals surface area contributed by atoms with E-state index in [1.807, 2.05) is 43.0 Å². The van der Waals surface area contributed by atoms with E-state index in [1.165, 1.54) is 0 Å². The Balaban J connectivity index is 1.50. The molecule has 1 aliphatic rings. The highest BCUT2D eigenvalue weighted by atomic mass is 16.2. The predicted octanol–water partition coefficient (Wildman–Crippen LogP) is 2.50. The van der Waals surface area contributed by atoms with Crippen LogP contribution in [-0.4, -0.2) is 43.8 Å². The van der Waals surface area contributed by atoms with Gasteiger partial charge < -0.3 is 15.6 Å². The van der Waals surface area contributed by atoms with Gasteiger partial charge in [-0.25, -0.2) is 15.0 Å². The van der Waals surface area contributed by atoms with Crippen molar-refractivity contribution in [1.82, 2.24) is 24.8 Å². The Hall–Kier alpha value is -2.96. The topological polar surface area (TPSA) is 101 Å². The summed E-state index contributed by atoms with van der Waals surface area (Å²) in [5.74, 6) is 1.57. The van der Waals surface area contributed by atoms with E-state index in [0.717, 1.165) is 53.2 Å². The number of aromatic nitrogens is 4. The van der Waals surface area contributed by atoms with Gasteiger partial charge >= 0.3 is 0 Å². The third-order valence-corrected chi connectivity index (χ3v) is 5.33. The van der Waals surface area contributed by atoms with E-state index in [4.69, 9.17) is 10.7 Å². The lowest BCUT2D eigenvalue weighted by atomic mass is 9.96. The standard InChI is InChI=1S/C20H24N6O/c1-12-15(13(2)23-20(21)22-12)10-18(27)26-9-5-6-14(11-26)19-24-16-7-3-4-8-17(16)25-19/h3-4,7-8,14H,5-6,9-11H2,1-2H3,(H,24,25)(H2,21,22,23)/t14-/m1/s1. The summed E-state index contributed by atoms with van der Waals surface area (Å²) in [4.78, 5) is 31.4. The summed E-state index contributed by atoms with van der Waals surface area (Å²) in [5, 5.41) is 0. The number of H-pyrrole nitrogens is 1. The Morgan fingerprint density at radius 3 is 2.70 bits per heavy atom. The molecular weight excluding hydrogens is 340 g/mol. The average Bonchev–Trinajstić information content (AvgIpc) is 3.09. The van der Waals surface area contributed by atoms with Crippen molar-refractivity contribution in [2.75, 3.05) is 18.8 Å². The normalized spacial score (nSPS) is 17.4. The summed E-state index contributed by atoms with van der Waals surface area (Å²) in [7, 11) is 0. The van der Waals surface area contributed by atoms with Crippen molar-refractivity contribution in [3.63, 3.8) is 0 Å². The molecule has 0 unspecified atom stereocenters. The molecule has 3 aromatic rings. The maximum Gasteiger partial charge on any atom is 0.227 e. The average molecular weight is 364 g/mol. The number of nitrogens with zero attached hydrogens (tertiary/aromatic N) is 4. The first-order valence-electron chi connectivity index (χ1n) is 9.33. The van der Waals surface area contributed by atoms with Crippen LogP contribution in [0.5, 0.6) is 0 Å². The van der Waals surface area contributed by atoms with E-state index in [-0.39, 0.29) is 17.8 Å². The number of likely N-dealkylation sites (tertiary alicyclic amines) is 1. The third-order valence-electron chi connectivity index (χ3n) is 5.33. The fourth-order valence-electron chi connectivity index (χ4n) is 3.88. The molecule has 7 nitrogen and oxygen atoms in total. The molecule has 1 atom stereocenters. The van der Waals surface area contributed by atoms with Crippen molar-refractivity contribution >= 4 is 22.9 Å². The molecule has 0 spiro atoms. The number of para-hydroxylation sites is 2. The summed E-state index contributed by atoms with van der Waals surface area (Å²) in [6.45, 7) is 5.22. The highest BCUT2D eigenvalue weighted by Crippen LogP contribution is 2.27. The molecule has 1 amide bonds. The zero-order valence-corrected chi connectivity index (χ0v) is 15.7. The first-order chi connectivity index (χ1) is 13.0. The molecule has 27 heavy (non-hydrogen) atoms. The highest BCUT2D eigenvalue weighted by Gasteiger charge is 2.27. The molecule has 0 saturated carbocycles. The molecule has 1 aromatic carbocycles. The van der Waals surface area contributed by atoms with Crippen molar-refractivity contribution in [2.24, 2.45) is 0 Å². The molecule has 7 heteroatoms. The van der Waals surface area contributed by atoms with Crippen LogP contribution in [0.3, 0.4) is 0 Å². The van der Waals surface area contributed by atoms with Crippen LogP contribution in [0, 0.1) is 13.8 Å². The van der Waals surface area contributed by atoms with Gasteiger partial charge in [0.25, 0.3) is 0 Å². The molecule has 1 saturated heterocycles. The van der Waals surface area contributed by atoms with E-state index in [0.29, 0.717) is 13.0 Å². The molecule has 3 heterocycles. The van der Waals surface area contributed by atoms with Crippen molar-refractivity contribution in [3.05, 3.63) is 47.0 Å². The number of amides is 1. The summed E-state index contributed by atoms with van der Waals surface area (Å²) in [5.41, 5.74) is 10.1. The molecular formula is C20H24N6O. The number of hydrogen-bond acceptors (Lipinski definition) is 5. The zero-order valence-electron chi connectivity index (χ0n) is 15.7. The Kier molecular flexibility index (Phi) is 4.51. The molecule has 0 bridgehead atoms. The van der Waals surface area contributed by atoms with Crippen LogP contribution in [-0.2, 0) is 11.2 Å². The highest BCUT2D eigenvalue weighted by molar-refractivity contribution is 5.79. The van der Waals surface area contributed by atoms with E-state index in [2.05, 4.69) is 15.0 Å². The predicted molar refractivity (Wildman–Crippen MR) is 104 cm³/mol. The molecule has 4 rings (SSSR count). The van der Waals surface area contributed by atoms with Crippen LogP contribution in [0.15, 0.2) is 24.3 Å². The number of carbonyl (C=O) groups excluding carboxylic acids is 1. The number of nitrogens with one attached hydrogen (secondary N) is 1. The van der Waals surface area contributed by atoms with Gasteiger partial charge in [-0.15, -0.1) is 0 Å². The molecule has 2 aromatic heterocycles. The number of nitrogen functional groups attached to an aromatic ring is 1. The second kappa shape index (κ2) is 6.98. The first kappa shape index (κ1) is 17.5. The maximum atomic E-state index is 12.9. The number of piperidine rings is 1. The lowest BCUT2D eigenvalue weighted by Crippen LogP contribution is -2.40. The van der Waals surface area contributed by atoms with Gasteiger partial charge in [0.15, 0.2) is 0 Å². The lowest BCUT2D eigenvalue weighted by molar-refractivity contribution is -0.131. The van der Waals surface area contributed by atoms with E-state index in [9.17, 15) is 4.79 Å². The minimum absolute atomic E-state index is 0.107. The van der Waals surface area contributed by atoms with Crippen LogP contribution < -0.4 is 5.73 Å². The van der Waals surface area contributed by atoms with Crippen LogP contribution in [0.25, 0.3) is 11.0 Å². The number of nitrogens with two attached hydrogens (primary N) is 1. The van der Waals surface area contributed by atoms with Crippen molar-refractivity contribution in [1.29, 1.82) is 0 Å². The van der Waals surface area contributed by atoms with Gasteiger partial charge in [-0.3, -0.25) is 4.79 Å². The summed E-state index contributed by atoms with van der Waals surface area (Å²) in [6.07, 6.45) is 2.32. The molecule has 1 aliphatic heterocycles. The number of hydrogen-bond donors (Lipinski definition) is 2. The molecule has 0 radical (unpaired) electrons. The summed E-state index contributed by atoms with van der Waals surface area (Å²) in [6, 6.07) is 8.03. The monoisotopic (exact) mass is 364 g/mol. The van der Waals surface area contributed by atoms with Gasteiger partial charge in [0.05, 0.1) is 17.5 Å². The Bertz CT molecular complexity index is 939. The number of anilines is 1. The summed E-state index contributed by atoms with van der Waals surface area (Å²) >= 11 is 0. The number of rotatable bonds is 3. The quantitative estimate of drug-likeness (QED) is 0.744. The van der Waals surface area contributed by atoms with Crippen molar-refractivity contribution < 1.29 is 4.79 Å². The third kappa shape index (κ3) is 3.49. The van der Waals surface area contributed by atoms with Crippen LogP contribution in [0.2, 0.25) is 0 Å². The van der Waals surface area contributed by atoms with Gasteiger partial charge in [0, 0.05) is 36.0 Å². The van der Waals surface area contributed by atoms with Crippen LogP contribution >= 0.6 is 0 Å². The lowest BCUT2D eigenvalue weighted by Gasteiger charge is -2.32. The van der Waals surface area contributed by atoms with E-state index < -0.39 is 0 Å². The smallest absolute Gasteiger partial charge is 0.227 e. The second-order valence-electron chi connectivity index (χ2n) is 7.23. The zero-order chi connectivity index (χ0) is 19.0. The summed E-state index contributed by atoms with van der Waals surface area (Å²) < 4.78 is 0.